The molecule has 0 unspecified atom stereocenters. The molecule has 0 bridgehead atoms. The number of benzene rings is 4. The normalized spacial score (nSPS) is 11.6. The fourth-order valence-corrected chi connectivity index (χ4v) is 3.86. The highest BCUT2D eigenvalue weighted by Gasteiger charge is 2.43. The number of aryl methyl sites for hydroxylation is 1. The summed E-state index contributed by atoms with van der Waals surface area (Å²) in [4.78, 5) is 0. The monoisotopic (exact) mass is 522 g/mol. The van der Waals surface area contributed by atoms with Gasteiger partial charge in [-0.3, -0.25) is 0 Å². The molecule has 0 radical (unpaired) electrons. The molecule has 1 nitrogen and oxygen atoms in total. The van der Waals surface area contributed by atoms with Gasteiger partial charge in [0.1, 0.15) is 17.1 Å². The second kappa shape index (κ2) is 10.2. The molecule has 4 aromatic rings. The van der Waals surface area contributed by atoms with E-state index in [1.165, 1.54) is 12.1 Å². The molecule has 37 heavy (non-hydrogen) atoms. The van der Waals surface area contributed by atoms with E-state index in [9.17, 15) is 35.1 Å². The molecule has 0 atom stereocenters. The Morgan fingerprint density at radius 1 is 0.622 bits per heavy atom. The first-order chi connectivity index (χ1) is 17.5. The first-order valence-corrected chi connectivity index (χ1v) is 11.1. The lowest BCUT2D eigenvalue weighted by Crippen LogP contribution is -2.26. The van der Waals surface area contributed by atoms with Gasteiger partial charge in [0.25, 0.3) is 0 Å². The van der Waals surface area contributed by atoms with E-state index in [0.29, 0.717) is 6.07 Å². The van der Waals surface area contributed by atoms with Crippen LogP contribution >= 0.6 is 0 Å². The van der Waals surface area contributed by atoms with Crippen molar-refractivity contribution in [2.75, 3.05) is 0 Å². The number of halogens is 8. The summed E-state index contributed by atoms with van der Waals surface area (Å²) in [5.74, 6) is -12.8. The van der Waals surface area contributed by atoms with E-state index in [1.54, 1.807) is 12.1 Å². The third kappa shape index (κ3) is 5.30. The third-order valence-electron chi connectivity index (χ3n) is 5.67. The number of ether oxygens (including phenoxy) is 1. The van der Waals surface area contributed by atoms with Crippen LogP contribution < -0.4 is 4.74 Å². The fourth-order valence-electron chi connectivity index (χ4n) is 3.86. The molecule has 0 aromatic heterocycles. The summed E-state index contributed by atoms with van der Waals surface area (Å²) in [7, 11) is 0. The standard InChI is InChI=1S/C28H18F8O/c1-2-3-15-4-6-16(7-5-15)17-8-10-18(11-9-17)20-14-21(29)24(27(34)25(20)32)28(35,36)37-19-12-22(30)26(33)23(31)13-19/h4-14H,2-3H2,1H3. The first-order valence-electron chi connectivity index (χ1n) is 11.1. The molecular formula is C28H18F8O. The maximum atomic E-state index is 14.8. The van der Waals surface area contributed by atoms with Gasteiger partial charge in [0, 0.05) is 17.7 Å². The van der Waals surface area contributed by atoms with E-state index in [1.807, 2.05) is 24.3 Å². The van der Waals surface area contributed by atoms with Gasteiger partial charge in [0.2, 0.25) is 0 Å². The highest BCUT2D eigenvalue weighted by atomic mass is 19.3. The molecule has 0 fully saturated rings. The lowest BCUT2D eigenvalue weighted by Gasteiger charge is -2.20. The summed E-state index contributed by atoms with van der Waals surface area (Å²) in [6, 6.07) is 14.1. The van der Waals surface area contributed by atoms with E-state index in [4.69, 9.17) is 0 Å². The van der Waals surface area contributed by atoms with Crippen LogP contribution in [0.15, 0.2) is 66.7 Å². The summed E-state index contributed by atoms with van der Waals surface area (Å²) in [5, 5.41) is 0. The van der Waals surface area contributed by atoms with Crippen LogP contribution in [0.25, 0.3) is 22.3 Å². The van der Waals surface area contributed by atoms with Crippen LogP contribution in [0, 0.1) is 34.9 Å². The second-order valence-corrected chi connectivity index (χ2v) is 8.25. The predicted molar refractivity (Wildman–Crippen MR) is 122 cm³/mol. The van der Waals surface area contributed by atoms with Gasteiger partial charge in [0.05, 0.1) is 0 Å². The molecular weight excluding hydrogens is 504 g/mol. The first kappa shape index (κ1) is 26.2. The Hall–Kier alpha value is -3.88. The van der Waals surface area contributed by atoms with Crippen LogP contribution in [0.2, 0.25) is 0 Å². The van der Waals surface area contributed by atoms with Gasteiger partial charge in [0.15, 0.2) is 29.1 Å². The minimum atomic E-state index is -4.89. The average Bonchev–Trinajstić information content (AvgIpc) is 2.85. The molecule has 9 heteroatoms. The van der Waals surface area contributed by atoms with Crippen molar-refractivity contribution in [2.45, 2.75) is 25.9 Å². The molecule has 0 N–H and O–H groups in total. The van der Waals surface area contributed by atoms with Crippen molar-refractivity contribution in [3.05, 3.63) is 113 Å². The number of hydrogen-bond donors (Lipinski definition) is 0. The van der Waals surface area contributed by atoms with Crippen LogP contribution in [-0.2, 0) is 12.5 Å². The minimum absolute atomic E-state index is 0.0140. The van der Waals surface area contributed by atoms with Crippen molar-refractivity contribution in [1.29, 1.82) is 0 Å². The van der Waals surface area contributed by atoms with Gasteiger partial charge < -0.3 is 4.74 Å². The van der Waals surface area contributed by atoms with E-state index in [-0.39, 0.29) is 17.7 Å². The molecule has 0 aliphatic rings. The van der Waals surface area contributed by atoms with Crippen molar-refractivity contribution in [1.82, 2.24) is 0 Å². The topological polar surface area (TPSA) is 9.23 Å². The summed E-state index contributed by atoms with van der Waals surface area (Å²) < 4.78 is 117. The second-order valence-electron chi connectivity index (χ2n) is 8.25. The molecule has 0 spiro atoms. The summed E-state index contributed by atoms with van der Waals surface area (Å²) >= 11 is 0. The third-order valence-corrected chi connectivity index (χ3v) is 5.67. The molecule has 0 aliphatic heterocycles. The van der Waals surface area contributed by atoms with Crippen molar-refractivity contribution in [3.63, 3.8) is 0 Å². The van der Waals surface area contributed by atoms with E-state index in [2.05, 4.69) is 11.7 Å². The maximum Gasteiger partial charge on any atom is 0.432 e. The van der Waals surface area contributed by atoms with Gasteiger partial charge >= 0.3 is 6.11 Å². The molecule has 0 saturated heterocycles. The number of hydrogen-bond acceptors (Lipinski definition) is 1. The Morgan fingerprint density at radius 3 is 1.68 bits per heavy atom. The van der Waals surface area contributed by atoms with Crippen LogP contribution in [0.3, 0.4) is 0 Å². The van der Waals surface area contributed by atoms with Crippen LogP contribution in [0.1, 0.15) is 24.5 Å². The van der Waals surface area contributed by atoms with Gasteiger partial charge in [-0.15, -0.1) is 0 Å². The summed E-state index contributed by atoms with van der Waals surface area (Å²) in [6.07, 6.45) is -2.97. The minimum Gasteiger partial charge on any atom is -0.429 e. The van der Waals surface area contributed by atoms with Gasteiger partial charge in [-0.2, -0.15) is 8.78 Å². The predicted octanol–water partition coefficient (Wildman–Crippen LogP) is 8.94. The number of rotatable bonds is 7. The van der Waals surface area contributed by atoms with Crippen molar-refractivity contribution in [3.8, 4) is 28.0 Å². The lowest BCUT2D eigenvalue weighted by molar-refractivity contribution is -0.190. The smallest absolute Gasteiger partial charge is 0.429 e. The molecule has 4 aromatic carbocycles. The van der Waals surface area contributed by atoms with Gasteiger partial charge in [-0.25, -0.2) is 26.3 Å². The zero-order valence-corrected chi connectivity index (χ0v) is 19.2. The Balaban J connectivity index is 1.64. The van der Waals surface area contributed by atoms with Crippen LogP contribution in [0.4, 0.5) is 35.1 Å². The van der Waals surface area contributed by atoms with Crippen molar-refractivity contribution < 1.29 is 39.9 Å². The van der Waals surface area contributed by atoms with E-state index < -0.39 is 57.9 Å². The average molecular weight is 522 g/mol. The summed E-state index contributed by atoms with van der Waals surface area (Å²) in [6.45, 7) is 2.06. The molecule has 0 aliphatic carbocycles. The Labute approximate surface area is 207 Å². The Bertz CT molecular complexity index is 1410. The SMILES string of the molecule is CCCc1ccc(-c2ccc(-c3cc(F)c(C(F)(F)Oc4cc(F)c(F)c(F)c4)c(F)c3F)cc2)cc1. The Morgan fingerprint density at radius 2 is 1.14 bits per heavy atom. The molecule has 192 valence electrons. The van der Waals surface area contributed by atoms with E-state index in [0.717, 1.165) is 29.5 Å². The van der Waals surface area contributed by atoms with E-state index >= 15 is 0 Å². The fraction of sp³-hybridized carbons (Fsp3) is 0.143. The molecule has 4 rings (SSSR count). The highest BCUT2D eigenvalue weighted by Crippen LogP contribution is 2.39. The number of alkyl halides is 2. The zero-order valence-electron chi connectivity index (χ0n) is 19.2. The summed E-state index contributed by atoms with van der Waals surface area (Å²) in [5.41, 5.74) is 0.0287. The highest BCUT2D eigenvalue weighted by molar-refractivity contribution is 5.71. The van der Waals surface area contributed by atoms with Gasteiger partial charge in [-0.05, 0) is 34.7 Å². The van der Waals surface area contributed by atoms with Crippen molar-refractivity contribution in [2.24, 2.45) is 0 Å². The van der Waals surface area contributed by atoms with Gasteiger partial charge in [-0.1, -0.05) is 61.9 Å². The lowest BCUT2D eigenvalue weighted by atomic mass is 9.97. The molecule has 0 saturated carbocycles. The zero-order chi connectivity index (χ0) is 26.9. The quantitative estimate of drug-likeness (QED) is 0.134. The maximum absolute atomic E-state index is 14.8. The Kier molecular flexibility index (Phi) is 7.25. The molecule has 0 amide bonds. The van der Waals surface area contributed by atoms with Crippen molar-refractivity contribution >= 4 is 0 Å². The molecule has 0 heterocycles. The van der Waals surface area contributed by atoms with Crippen LogP contribution in [-0.4, -0.2) is 0 Å². The largest absolute Gasteiger partial charge is 0.432 e. The van der Waals surface area contributed by atoms with Crippen LogP contribution in [0.5, 0.6) is 5.75 Å².